The summed E-state index contributed by atoms with van der Waals surface area (Å²) in [5, 5.41) is 2.77. The topological polar surface area (TPSA) is 143 Å². The lowest BCUT2D eigenvalue weighted by atomic mass is 9.85. The average Bonchev–Trinajstić information content (AvgIpc) is 3.60. The van der Waals surface area contributed by atoms with E-state index in [1.165, 1.54) is 43.9 Å². The number of ether oxygens (including phenoxy) is 1. The summed E-state index contributed by atoms with van der Waals surface area (Å²) in [6.07, 6.45) is 3.52. The molecule has 290 valence electrons. The smallest absolute Gasteiger partial charge is 0.404 e. The number of likely N-dealkylation sites (tertiary alicyclic amines) is 1. The van der Waals surface area contributed by atoms with Gasteiger partial charge in [0.05, 0.1) is 5.41 Å². The first-order valence-corrected chi connectivity index (χ1v) is 19.9. The number of amides is 3. The highest BCUT2D eigenvalue weighted by atomic mass is 127. The molecular formula is C39H45F2IN3O8P. The van der Waals surface area contributed by atoms with Crippen LogP contribution in [0, 0.1) is 14.4 Å². The third-order valence-corrected chi connectivity index (χ3v) is 10.8. The van der Waals surface area contributed by atoms with Gasteiger partial charge in [0.15, 0.2) is 0 Å². The summed E-state index contributed by atoms with van der Waals surface area (Å²) in [4.78, 5) is 66.6. The van der Waals surface area contributed by atoms with Gasteiger partial charge in [0.1, 0.15) is 12.1 Å². The van der Waals surface area contributed by atoms with E-state index in [1.54, 1.807) is 25.7 Å². The molecular weight excluding hydrogens is 834 g/mol. The van der Waals surface area contributed by atoms with Crippen LogP contribution in [0.15, 0.2) is 84.9 Å². The lowest BCUT2D eigenvalue weighted by molar-refractivity contribution is -0.160. The van der Waals surface area contributed by atoms with Crippen molar-refractivity contribution >= 4 is 71.3 Å². The summed E-state index contributed by atoms with van der Waals surface area (Å²) in [7, 11) is -5.63. The van der Waals surface area contributed by atoms with Crippen LogP contribution in [0.5, 0.6) is 0 Å². The van der Waals surface area contributed by atoms with Crippen LogP contribution >= 0.6 is 30.2 Å². The van der Waals surface area contributed by atoms with Crippen molar-refractivity contribution in [2.75, 3.05) is 18.2 Å². The van der Waals surface area contributed by atoms with Gasteiger partial charge >= 0.3 is 19.2 Å². The summed E-state index contributed by atoms with van der Waals surface area (Å²) >= 11 is 2.19. The van der Waals surface area contributed by atoms with Gasteiger partial charge in [0.2, 0.25) is 18.6 Å². The lowest BCUT2D eigenvalue weighted by Crippen LogP contribution is -2.57. The summed E-state index contributed by atoms with van der Waals surface area (Å²) in [5.74, 6) is -2.12. The van der Waals surface area contributed by atoms with Crippen molar-refractivity contribution in [3.63, 3.8) is 0 Å². The van der Waals surface area contributed by atoms with Gasteiger partial charge in [0, 0.05) is 33.1 Å². The molecule has 0 saturated carbocycles. The molecule has 0 aromatic heterocycles. The molecule has 0 bridgehead atoms. The second kappa shape index (κ2) is 17.2. The average molecular weight is 880 g/mol. The molecule has 3 atom stereocenters. The van der Waals surface area contributed by atoms with Gasteiger partial charge in [-0.2, -0.15) is 8.78 Å². The predicted molar refractivity (Wildman–Crippen MR) is 210 cm³/mol. The van der Waals surface area contributed by atoms with Crippen molar-refractivity contribution < 1.29 is 46.7 Å². The van der Waals surface area contributed by atoms with Gasteiger partial charge in [-0.05, 0) is 110 Å². The van der Waals surface area contributed by atoms with Crippen LogP contribution in [0.25, 0.3) is 6.08 Å². The van der Waals surface area contributed by atoms with E-state index in [0.717, 1.165) is 21.8 Å². The Bertz CT molecular complexity index is 1900. The summed E-state index contributed by atoms with van der Waals surface area (Å²) in [6, 6.07) is 19.1. The zero-order chi connectivity index (χ0) is 40.1. The number of rotatable bonds is 12. The Hall–Kier alpha value is -3.98. The summed E-state index contributed by atoms with van der Waals surface area (Å²) in [5.41, 5.74) is -5.29. The molecule has 2 unspecified atom stereocenters. The number of esters is 1. The van der Waals surface area contributed by atoms with Crippen molar-refractivity contribution in [2.24, 2.45) is 10.8 Å². The predicted octanol–water partition coefficient (Wildman–Crippen LogP) is 7.99. The van der Waals surface area contributed by atoms with E-state index in [1.807, 2.05) is 54.6 Å². The SMILES string of the molecule is CC(C)(C)C(=O)OCOP(=O)(O)C(F)(F)c1ccc(/C=C/C(=O)N[C@H](C(=O)N2CCCC2C(=O)N(c2ccccc2)c2ccc(I)cc2)C(C)(C)C)cc1. The van der Waals surface area contributed by atoms with Crippen LogP contribution in [0.1, 0.15) is 65.5 Å². The maximum absolute atomic E-state index is 15.0. The number of para-hydroxylation sites is 1. The Labute approximate surface area is 327 Å². The van der Waals surface area contributed by atoms with E-state index in [-0.39, 0.29) is 5.91 Å². The fourth-order valence-electron chi connectivity index (χ4n) is 5.59. The molecule has 2 N–H and O–H groups in total. The Balaban J connectivity index is 1.46. The first kappa shape index (κ1) is 42.8. The van der Waals surface area contributed by atoms with E-state index >= 15 is 0 Å². The molecule has 0 aliphatic carbocycles. The summed E-state index contributed by atoms with van der Waals surface area (Å²) in [6.45, 7) is 9.14. The highest BCUT2D eigenvalue weighted by molar-refractivity contribution is 14.1. The second-order valence-electron chi connectivity index (χ2n) is 14.9. The third kappa shape index (κ3) is 10.4. The van der Waals surface area contributed by atoms with Crippen LogP contribution in [0.3, 0.4) is 0 Å². The molecule has 4 rings (SSSR count). The highest BCUT2D eigenvalue weighted by Crippen LogP contribution is 2.63. The van der Waals surface area contributed by atoms with Gasteiger partial charge in [-0.3, -0.25) is 33.2 Å². The Kier molecular flexibility index (Phi) is 13.6. The Morgan fingerprint density at radius 3 is 2.13 bits per heavy atom. The molecule has 15 heteroatoms. The van der Waals surface area contributed by atoms with E-state index in [9.17, 15) is 37.4 Å². The number of nitrogens with zero attached hydrogens (tertiary/aromatic N) is 2. The third-order valence-electron chi connectivity index (χ3n) is 8.61. The molecule has 3 aromatic carbocycles. The van der Waals surface area contributed by atoms with Crippen molar-refractivity contribution in [3.8, 4) is 0 Å². The van der Waals surface area contributed by atoms with E-state index in [0.29, 0.717) is 36.3 Å². The molecule has 1 aliphatic heterocycles. The van der Waals surface area contributed by atoms with Gasteiger partial charge in [-0.15, -0.1) is 0 Å². The second-order valence-corrected chi connectivity index (χ2v) is 18.0. The van der Waals surface area contributed by atoms with Crippen LogP contribution in [0.2, 0.25) is 0 Å². The molecule has 1 saturated heterocycles. The molecule has 3 amide bonds. The largest absolute Gasteiger partial charge is 0.438 e. The number of carbonyl (C=O) groups excluding carboxylic acids is 4. The van der Waals surface area contributed by atoms with Crippen LogP contribution in [-0.2, 0) is 38.7 Å². The number of hydrogen-bond donors (Lipinski definition) is 2. The van der Waals surface area contributed by atoms with Gasteiger partial charge in [0.25, 0.3) is 5.91 Å². The summed E-state index contributed by atoms with van der Waals surface area (Å²) < 4.78 is 52.5. The highest BCUT2D eigenvalue weighted by Gasteiger charge is 2.53. The molecule has 1 aliphatic rings. The first-order chi connectivity index (χ1) is 25.1. The lowest BCUT2D eigenvalue weighted by Gasteiger charge is -2.36. The maximum atomic E-state index is 15.0. The molecule has 1 heterocycles. The molecule has 11 nitrogen and oxygen atoms in total. The first-order valence-electron chi connectivity index (χ1n) is 17.2. The Morgan fingerprint density at radius 2 is 1.56 bits per heavy atom. The van der Waals surface area contributed by atoms with E-state index < -0.39 is 66.3 Å². The number of anilines is 2. The molecule has 0 spiro atoms. The van der Waals surface area contributed by atoms with Crippen LogP contribution < -0.4 is 10.2 Å². The van der Waals surface area contributed by atoms with Crippen molar-refractivity contribution in [2.45, 2.75) is 72.1 Å². The quantitative estimate of drug-likeness (QED) is 0.0614. The standard InChI is InChI=1S/C39H45F2IN3O8P/c1-37(2,3)33(35(48)44-24-10-13-31(44)34(47)45(29-11-8-7-9-12-29)30-21-19-28(42)20-22-30)43-32(46)23-16-26-14-17-27(18-15-26)39(40,41)54(50,51)53-25-52-36(49)38(4,5)6/h7-9,11-12,14-23,31,33H,10,13,24-25H2,1-6H3,(H,43,46)(H,50,51)/b23-16+/t31?,33-/m1/s1. The molecule has 0 radical (unpaired) electrons. The fraction of sp³-hybridized carbons (Fsp3) is 0.385. The molecule has 1 fully saturated rings. The number of nitrogens with one attached hydrogen (secondary N) is 1. The normalized spacial score (nSPS) is 16.8. The van der Waals surface area contributed by atoms with Gasteiger partial charge in [-0.1, -0.05) is 63.2 Å². The number of benzene rings is 3. The Morgan fingerprint density at radius 1 is 0.963 bits per heavy atom. The fourth-order valence-corrected chi connectivity index (χ4v) is 6.78. The zero-order valence-electron chi connectivity index (χ0n) is 30.9. The number of hydrogen-bond acceptors (Lipinski definition) is 7. The number of alkyl halides is 2. The van der Waals surface area contributed by atoms with Crippen molar-refractivity contribution in [3.05, 3.63) is 99.6 Å². The number of halogens is 3. The number of carbonyl (C=O) groups is 4. The van der Waals surface area contributed by atoms with Gasteiger partial charge < -0.3 is 19.8 Å². The van der Waals surface area contributed by atoms with Gasteiger partial charge in [-0.25, -0.2) is 0 Å². The van der Waals surface area contributed by atoms with Crippen molar-refractivity contribution in [1.82, 2.24) is 10.2 Å². The minimum Gasteiger partial charge on any atom is -0.438 e. The minimum absolute atomic E-state index is 0.269. The van der Waals surface area contributed by atoms with Crippen LogP contribution in [-0.4, -0.2) is 58.9 Å². The monoisotopic (exact) mass is 879 g/mol. The minimum atomic E-state index is -5.63. The van der Waals surface area contributed by atoms with E-state index in [2.05, 4.69) is 37.2 Å². The van der Waals surface area contributed by atoms with E-state index in [4.69, 9.17) is 0 Å². The maximum Gasteiger partial charge on any atom is 0.404 e. The van der Waals surface area contributed by atoms with Crippen LogP contribution in [0.4, 0.5) is 20.2 Å². The molecule has 3 aromatic rings. The van der Waals surface area contributed by atoms with Crippen molar-refractivity contribution in [1.29, 1.82) is 0 Å². The molecule has 54 heavy (non-hydrogen) atoms. The zero-order valence-corrected chi connectivity index (χ0v) is 34.0.